The van der Waals surface area contributed by atoms with Crippen molar-refractivity contribution in [3.05, 3.63) is 40.3 Å². The number of hydrogen-bond acceptors (Lipinski definition) is 6. The van der Waals surface area contributed by atoms with Gasteiger partial charge >= 0.3 is 0 Å². The van der Waals surface area contributed by atoms with Crippen LogP contribution in [0.2, 0.25) is 0 Å². The Hall–Kier alpha value is -2.81. The quantitative estimate of drug-likeness (QED) is 0.740. The van der Waals surface area contributed by atoms with Crippen molar-refractivity contribution in [2.75, 3.05) is 5.32 Å². The molecule has 0 aliphatic heterocycles. The molecule has 0 unspecified atom stereocenters. The molecule has 0 fully saturated rings. The van der Waals surface area contributed by atoms with Crippen LogP contribution >= 0.6 is 11.3 Å². The van der Waals surface area contributed by atoms with Crippen LogP contribution in [-0.4, -0.2) is 31.4 Å². The first-order valence-electron chi connectivity index (χ1n) is 7.96. The molecule has 0 saturated heterocycles. The lowest BCUT2D eigenvalue weighted by atomic mass is 9.88. The van der Waals surface area contributed by atoms with Crippen molar-refractivity contribution < 1.29 is 9.59 Å². The first-order valence-corrected chi connectivity index (χ1v) is 8.77. The minimum Gasteiger partial charge on any atom is -0.365 e. The molecule has 0 radical (unpaired) electrons. The first-order chi connectivity index (χ1) is 12.0. The topological polar surface area (TPSA) is 115 Å². The molecule has 3 N–H and O–H groups in total. The number of nitrogens with one attached hydrogen (secondary N) is 1. The van der Waals surface area contributed by atoms with E-state index >= 15 is 0 Å². The summed E-state index contributed by atoms with van der Waals surface area (Å²) in [5, 5.41) is 7.33. The molecule has 0 saturated carbocycles. The highest BCUT2D eigenvalue weighted by molar-refractivity contribution is 7.17. The zero-order chi connectivity index (χ0) is 17.6. The molecule has 1 atom stereocenters. The third kappa shape index (κ3) is 2.76. The average molecular weight is 356 g/mol. The van der Waals surface area contributed by atoms with Gasteiger partial charge in [0, 0.05) is 17.3 Å². The molecule has 3 aromatic heterocycles. The van der Waals surface area contributed by atoms with Gasteiger partial charge in [0.25, 0.3) is 17.6 Å². The number of primary amides is 1. The number of carbonyl (C=O) groups excluding carboxylic acids is 2. The summed E-state index contributed by atoms with van der Waals surface area (Å²) in [5.74, 6) is -0.121. The number of carbonyl (C=O) groups is 2. The van der Waals surface area contributed by atoms with Gasteiger partial charge in [0.15, 0.2) is 0 Å². The molecule has 1 aliphatic rings. The highest BCUT2D eigenvalue weighted by Crippen LogP contribution is 2.39. The van der Waals surface area contributed by atoms with Gasteiger partial charge in [-0.25, -0.2) is 9.50 Å². The molecule has 8 nitrogen and oxygen atoms in total. The van der Waals surface area contributed by atoms with Crippen LogP contribution in [-0.2, 0) is 12.8 Å². The fraction of sp³-hybridized carbons (Fsp3) is 0.312. The summed E-state index contributed by atoms with van der Waals surface area (Å²) in [6.45, 7) is 2.18. The van der Waals surface area contributed by atoms with Crippen LogP contribution in [0.25, 0.3) is 5.78 Å². The number of anilines is 1. The van der Waals surface area contributed by atoms with Crippen molar-refractivity contribution in [3.8, 4) is 0 Å². The molecule has 3 aromatic rings. The normalized spacial score (nSPS) is 16.6. The summed E-state index contributed by atoms with van der Waals surface area (Å²) in [6, 6.07) is 1.70. The van der Waals surface area contributed by atoms with Gasteiger partial charge in [0.05, 0.1) is 5.56 Å². The standard InChI is InChI=1S/C16H16N6O2S/c1-8-3-4-9-10(7-8)25-15(11(9)12(17)23)20-14(24)13-19-16-18-5-2-6-22(16)21-13/h2,5-6,8H,3-4,7H2,1H3,(H2,17,23)(H,20,24)/t8-/m0/s1. The zero-order valence-electron chi connectivity index (χ0n) is 13.5. The van der Waals surface area contributed by atoms with E-state index in [0.717, 1.165) is 29.7 Å². The van der Waals surface area contributed by atoms with E-state index in [-0.39, 0.29) is 5.82 Å². The van der Waals surface area contributed by atoms with Crippen molar-refractivity contribution in [2.24, 2.45) is 11.7 Å². The second-order valence-electron chi connectivity index (χ2n) is 6.17. The molecular formula is C16H16N6O2S. The smallest absolute Gasteiger partial charge is 0.296 e. The van der Waals surface area contributed by atoms with Crippen molar-refractivity contribution in [2.45, 2.75) is 26.2 Å². The fourth-order valence-electron chi connectivity index (χ4n) is 3.09. The lowest BCUT2D eigenvalue weighted by Gasteiger charge is -2.18. The Morgan fingerprint density at radius 2 is 2.28 bits per heavy atom. The Morgan fingerprint density at radius 3 is 3.04 bits per heavy atom. The Balaban J connectivity index is 1.68. The van der Waals surface area contributed by atoms with Gasteiger partial charge in [0.1, 0.15) is 5.00 Å². The van der Waals surface area contributed by atoms with E-state index in [4.69, 9.17) is 5.73 Å². The molecule has 0 aromatic carbocycles. The number of aromatic nitrogens is 4. The van der Waals surface area contributed by atoms with E-state index < -0.39 is 11.8 Å². The van der Waals surface area contributed by atoms with Gasteiger partial charge in [-0.2, -0.15) is 4.98 Å². The summed E-state index contributed by atoms with van der Waals surface area (Å²) in [4.78, 5) is 33.7. The number of amides is 2. The third-order valence-corrected chi connectivity index (χ3v) is 5.47. The zero-order valence-corrected chi connectivity index (χ0v) is 14.3. The number of fused-ring (bicyclic) bond motifs is 2. The maximum atomic E-state index is 12.5. The predicted octanol–water partition coefficient (Wildman–Crippen LogP) is 1.66. The van der Waals surface area contributed by atoms with E-state index in [1.165, 1.54) is 15.9 Å². The number of thiophene rings is 1. The van der Waals surface area contributed by atoms with Crippen molar-refractivity contribution >= 4 is 33.9 Å². The van der Waals surface area contributed by atoms with Crippen LogP contribution < -0.4 is 11.1 Å². The van der Waals surface area contributed by atoms with Gasteiger partial charge in [-0.3, -0.25) is 9.59 Å². The second kappa shape index (κ2) is 5.92. The van der Waals surface area contributed by atoms with Gasteiger partial charge < -0.3 is 11.1 Å². The van der Waals surface area contributed by atoms with Crippen LogP contribution in [0.1, 0.15) is 44.8 Å². The molecule has 3 heterocycles. The largest absolute Gasteiger partial charge is 0.365 e. The van der Waals surface area contributed by atoms with Crippen LogP contribution in [0, 0.1) is 5.92 Å². The Morgan fingerprint density at radius 1 is 1.44 bits per heavy atom. The summed E-state index contributed by atoms with van der Waals surface area (Å²) >= 11 is 1.41. The molecule has 4 rings (SSSR count). The lowest BCUT2D eigenvalue weighted by molar-refractivity contribution is 0.1000. The van der Waals surface area contributed by atoms with E-state index in [0.29, 0.717) is 22.3 Å². The molecule has 1 aliphatic carbocycles. The predicted molar refractivity (Wildman–Crippen MR) is 92.8 cm³/mol. The van der Waals surface area contributed by atoms with E-state index in [2.05, 4.69) is 27.3 Å². The SMILES string of the molecule is C[C@H]1CCc2c(sc(NC(=O)c3nc4ncccn4n3)c2C(N)=O)C1. The fourth-order valence-corrected chi connectivity index (χ4v) is 4.50. The number of nitrogens with zero attached hydrogens (tertiary/aromatic N) is 4. The number of nitrogens with two attached hydrogens (primary N) is 1. The van der Waals surface area contributed by atoms with Crippen LogP contribution in [0.5, 0.6) is 0 Å². The summed E-state index contributed by atoms with van der Waals surface area (Å²) in [6.07, 6.45) is 5.94. The van der Waals surface area contributed by atoms with Crippen molar-refractivity contribution in [1.29, 1.82) is 0 Å². The molecule has 0 bridgehead atoms. The van der Waals surface area contributed by atoms with Crippen molar-refractivity contribution in [3.63, 3.8) is 0 Å². The molecule has 9 heteroatoms. The molecule has 0 spiro atoms. The molecular weight excluding hydrogens is 340 g/mol. The monoisotopic (exact) mass is 356 g/mol. The maximum Gasteiger partial charge on any atom is 0.296 e. The lowest BCUT2D eigenvalue weighted by Crippen LogP contribution is -2.20. The molecule has 25 heavy (non-hydrogen) atoms. The van der Waals surface area contributed by atoms with Gasteiger partial charge in [-0.05, 0) is 36.8 Å². The third-order valence-electron chi connectivity index (χ3n) is 4.30. The summed E-state index contributed by atoms with van der Waals surface area (Å²) in [5.41, 5.74) is 6.95. The van der Waals surface area contributed by atoms with E-state index in [1.54, 1.807) is 18.5 Å². The summed E-state index contributed by atoms with van der Waals surface area (Å²) < 4.78 is 1.42. The van der Waals surface area contributed by atoms with Crippen LogP contribution in [0.4, 0.5) is 5.00 Å². The molecule has 2 amide bonds. The van der Waals surface area contributed by atoms with E-state index in [9.17, 15) is 9.59 Å². The highest BCUT2D eigenvalue weighted by atomic mass is 32.1. The minimum absolute atomic E-state index is 0.00568. The molecule has 128 valence electrons. The number of hydrogen-bond donors (Lipinski definition) is 2. The van der Waals surface area contributed by atoms with E-state index in [1.807, 2.05) is 0 Å². The Kier molecular flexibility index (Phi) is 3.72. The second-order valence-corrected chi connectivity index (χ2v) is 7.28. The summed E-state index contributed by atoms with van der Waals surface area (Å²) in [7, 11) is 0. The van der Waals surface area contributed by atoms with Gasteiger partial charge in [-0.1, -0.05) is 6.92 Å². The van der Waals surface area contributed by atoms with Crippen LogP contribution in [0.3, 0.4) is 0 Å². The average Bonchev–Trinajstić information content (AvgIpc) is 3.15. The Bertz CT molecular complexity index is 959. The van der Waals surface area contributed by atoms with Crippen LogP contribution in [0.15, 0.2) is 18.5 Å². The van der Waals surface area contributed by atoms with Gasteiger partial charge in [0.2, 0.25) is 5.82 Å². The first kappa shape index (κ1) is 15.7. The maximum absolute atomic E-state index is 12.5. The highest BCUT2D eigenvalue weighted by Gasteiger charge is 2.28. The van der Waals surface area contributed by atoms with Gasteiger partial charge in [-0.15, -0.1) is 16.4 Å². The minimum atomic E-state index is -0.521. The Labute approximate surface area is 147 Å². The van der Waals surface area contributed by atoms with Crippen molar-refractivity contribution in [1.82, 2.24) is 19.6 Å². The number of rotatable bonds is 3.